The zero-order valence-corrected chi connectivity index (χ0v) is 9.44. The first kappa shape index (κ1) is 10.8. The number of aromatic nitrogens is 1. The van der Waals surface area contributed by atoms with Crippen molar-refractivity contribution in [3.05, 3.63) is 16.7 Å². The topological polar surface area (TPSA) is 59.1 Å². The molecule has 0 aromatic carbocycles. The molecule has 0 bridgehead atoms. The maximum absolute atomic E-state index is 8.59. The molecule has 72 valence electrons. The third kappa shape index (κ3) is 3.54. The number of nitrogens with zero attached hydrogens (tertiary/aromatic N) is 1. The minimum absolute atomic E-state index is 0.222. The summed E-state index contributed by atoms with van der Waals surface area (Å²) in [6.45, 7) is 0.222. The number of aliphatic hydroxyl groups is 1. The van der Waals surface area contributed by atoms with Crippen LogP contribution in [0.15, 0.2) is 21.8 Å². The summed E-state index contributed by atoms with van der Waals surface area (Å²) < 4.78 is 0.912. The maximum Gasteiger partial charge on any atom is 0.110 e. The molecular formula is C8H11BrN2OS. The average molecular weight is 263 g/mol. The summed E-state index contributed by atoms with van der Waals surface area (Å²) >= 11 is 4.98. The summed E-state index contributed by atoms with van der Waals surface area (Å²) in [4.78, 5) is 4.16. The van der Waals surface area contributed by atoms with Crippen molar-refractivity contribution in [3.8, 4) is 0 Å². The Morgan fingerprint density at radius 1 is 1.62 bits per heavy atom. The van der Waals surface area contributed by atoms with Gasteiger partial charge in [0.15, 0.2) is 0 Å². The van der Waals surface area contributed by atoms with Gasteiger partial charge in [-0.1, -0.05) is 0 Å². The van der Waals surface area contributed by atoms with Gasteiger partial charge in [-0.2, -0.15) is 0 Å². The highest BCUT2D eigenvalue weighted by Gasteiger charge is 2.01. The van der Waals surface area contributed by atoms with Gasteiger partial charge in [0, 0.05) is 12.4 Å². The van der Waals surface area contributed by atoms with Crippen LogP contribution in [0.4, 0.5) is 5.69 Å². The molecule has 3 nitrogen and oxygen atoms in total. The summed E-state index contributed by atoms with van der Waals surface area (Å²) in [7, 11) is 0. The largest absolute Gasteiger partial charge is 0.397 e. The van der Waals surface area contributed by atoms with Crippen molar-refractivity contribution in [1.82, 2.24) is 4.98 Å². The molecule has 0 saturated carbocycles. The first-order chi connectivity index (χ1) is 6.24. The normalized spacial score (nSPS) is 10.3. The van der Waals surface area contributed by atoms with Gasteiger partial charge in [-0.05, 0) is 28.4 Å². The molecule has 1 aromatic rings. The minimum Gasteiger partial charge on any atom is -0.397 e. The Bertz CT molecular complexity index is 283. The van der Waals surface area contributed by atoms with Crippen LogP contribution in [0.2, 0.25) is 0 Å². The lowest BCUT2D eigenvalue weighted by molar-refractivity contribution is 0.296. The highest BCUT2D eigenvalue weighted by atomic mass is 79.9. The molecule has 0 aliphatic rings. The number of aliphatic hydroxyl groups excluding tert-OH is 1. The predicted octanol–water partition coefficient (Wildman–Crippen LogP) is 1.90. The Labute approximate surface area is 89.9 Å². The molecule has 0 unspecified atom stereocenters. The second kappa shape index (κ2) is 5.47. The van der Waals surface area contributed by atoms with Crippen LogP contribution in [0.5, 0.6) is 0 Å². The number of nitrogen functional groups attached to an aromatic ring is 1. The Kier molecular flexibility index (Phi) is 4.55. The summed E-state index contributed by atoms with van der Waals surface area (Å²) in [6.07, 6.45) is 2.41. The minimum atomic E-state index is 0.222. The standard InChI is InChI=1S/C8H11BrN2OS/c9-7-4-6(10)5-11-8(7)13-3-1-2-12/h4-5,12H,1-3,10H2. The molecule has 0 saturated heterocycles. The molecule has 1 rings (SSSR count). The van der Waals surface area contributed by atoms with Crippen LogP contribution in [0.1, 0.15) is 6.42 Å². The molecule has 0 aliphatic carbocycles. The van der Waals surface area contributed by atoms with Crippen LogP contribution in [0, 0.1) is 0 Å². The highest BCUT2D eigenvalue weighted by Crippen LogP contribution is 2.26. The van der Waals surface area contributed by atoms with E-state index in [-0.39, 0.29) is 6.61 Å². The number of anilines is 1. The molecule has 0 amide bonds. The van der Waals surface area contributed by atoms with Gasteiger partial charge in [-0.25, -0.2) is 4.98 Å². The molecule has 0 fully saturated rings. The molecule has 1 heterocycles. The number of hydrogen-bond acceptors (Lipinski definition) is 4. The van der Waals surface area contributed by atoms with E-state index in [0.717, 1.165) is 21.7 Å². The van der Waals surface area contributed by atoms with Crippen molar-refractivity contribution in [1.29, 1.82) is 0 Å². The summed E-state index contributed by atoms with van der Waals surface area (Å²) in [6, 6.07) is 1.83. The van der Waals surface area contributed by atoms with E-state index in [9.17, 15) is 0 Å². The van der Waals surface area contributed by atoms with Gasteiger partial charge < -0.3 is 10.8 Å². The smallest absolute Gasteiger partial charge is 0.110 e. The van der Waals surface area contributed by atoms with Crippen molar-refractivity contribution < 1.29 is 5.11 Å². The van der Waals surface area contributed by atoms with Crippen molar-refractivity contribution >= 4 is 33.4 Å². The molecular weight excluding hydrogens is 252 g/mol. The molecule has 0 radical (unpaired) electrons. The van der Waals surface area contributed by atoms with E-state index in [1.54, 1.807) is 18.0 Å². The van der Waals surface area contributed by atoms with Crippen molar-refractivity contribution in [3.63, 3.8) is 0 Å². The van der Waals surface area contributed by atoms with Crippen LogP contribution in [-0.4, -0.2) is 22.5 Å². The van der Waals surface area contributed by atoms with Crippen LogP contribution in [0.25, 0.3) is 0 Å². The van der Waals surface area contributed by atoms with Gasteiger partial charge in [-0.15, -0.1) is 11.8 Å². The first-order valence-corrected chi connectivity index (χ1v) is 5.66. The van der Waals surface area contributed by atoms with Crippen molar-refractivity contribution in [2.75, 3.05) is 18.1 Å². The van der Waals surface area contributed by atoms with E-state index in [4.69, 9.17) is 10.8 Å². The zero-order valence-electron chi connectivity index (χ0n) is 7.03. The van der Waals surface area contributed by atoms with Gasteiger partial charge in [0.2, 0.25) is 0 Å². The van der Waals surface area contributed by atoms with Crippen molar-refractivity contribution in [2.24, 2.45) is 0 Å². The van der Waals surface area contributed by atoms with Gasteiger partial charge in [0.1, 0.15) is 5.03 Å². The molecule has 0 spiro atoms. The number of thioether (sulfide) groups is 1. The Balaban J connectivity index is 2.56. The lowest BCUT2D eigenvalue weighted by Crippen LogP contribution is -1.91. The van der Waals surface area contributed by atoms with Crippen LogP contribution >= 0.6 is 27.7 Å². The van der Waals surface area contributed by atoms with Crippen molar-refractivity contribution in [2.45, 2.75) is 11.4 Å². The Morgan fingerprint density at radius 3 is 3.00 bits per heavy atom. The second-order valence-corrected chi connectivity index (χ2v) is 4.42. The molecule has 0 atom stereocenters. The zero-order chi connectivity index (χ0) is 9.68. The monoisotopic (exact) mass is 262 g/mol. The summed E-state index contributed by atoms with van der Waals surface area (Å²) in [5.41, 5.74) is 6.19. The molecule has 3 N–H and O–H groups in total. The van der Waals surface area contributed by atoms with Gasteiger partial charge in [-0.3, -0.25) is 0 Å². The van der Waals surface area contributed by atoms with E-state index in [2.05, 4.69) is 20.9 Å². The lowest BCUT2D eigenvalue weighted by atomic mass is 10.4. The fraction of sp³-hybridized carbons (Fsp3) is 0.375. The fourth-order valence-corrected chi connectivity index (χ4v) is 2.28. The second-order valence-electron chi connectivity index (χ2n) is 2.48. The first-order valence-electron chi connectivity index (χ1n) is 3.88. The predicted molar refractivity (Wildman–Crippen MR) is 58.8 cm³/mol. The SMILES string of the molecule is Nc1cnc(SCCCO)c(Br)c1. The molecule has 0 aliphatic heterocycles. The van der Waals surface area contributed by atoms with E-state index in [0.29, 0.717) is 5.69 Å². The highest BCUT2D eigenvalue weighted by molar-refractivity contribution is 9.10. The number of rotatable bonds is 4. The Hall–Kier alpha value is -0.260. The number of hydrogen-bond donors (Lipinski definition) is 2. The summed E-state index contributed by atoms with van der Waals surface area (Å²) in [5, 5.41) is 9.51. The van der Waals surface area contributed by atoms with E-state index < -0.39 is 0 Å². The third-order valence-electron chi connectivity index (χ3n) is 1.37. The van der Waals surface area contributed by atoms with Crippen LogP contribution < -0.4 is 5.73 Å². The Morgan fingerprint density at radius 2 is 2.38 bits per heavy atom. The van der Waals surface area contributed by atoms with Gasteiger partial charge in [0.05, 0.1) is 16.4 Å². The molecule has 1 aromatic heterocycles. The van der Waals surface area contributed by atoms with Crippen LogP contribution in [0.3, 0.4) is 0 Å². The number of nitrogens with two attached hydrogens (primary N) is 1. The molecule has 5 heteroatoms. The average Bonchev–Trinajstić information content (AvgIpc) is 2.09. The number of pyridine rings is 1. The maximum atomic E-state index is 8.59. The third-order valence-corrected chi connectivity index (χ3v) is 3.33. The van der Waals surface area contributed by atoms with Crippen LogP contribution in [-0.2, 0) is 0 Å². The quantitative estimate of drug-likeness (QED) is 0.643. The van der Waals surface area contributed by atoms with E-state index in [1.165, 1.54) is 0 Å². The summed E-state index contributed by atoms with van der Waals surface area (Å²) in [5.74, 6) is 0.867. The lowest BCUT2D eigenvalue weighted by Gasteiger charge is -2.02. The fourth-order valence-electron chi connectivity index (χ4n) is 0.780. The van der Waals surface area contributed by atoms with E-state index >= 15 is 0 Å². The van der Waals surface area contributed by atoms with Gasteiger partial charge in [0.25, 0.3) is 0 Å². The number of halogens is 1. The van der Waals surface area contributed by atoms with Gasteiger partial charge >= 0.3 is 0 Å². The van der Waals surface area contributed by atoms with E-state index in [1.807, 2.05) is 6.07 Å². The molecule has 13 heavy (non-hydrogen) atoms.